The second kappa shape index (κ2) is 8.87. The predicted molar refractivity (Wildman–Crippen MR) is 113 cm³/mol. The number of ether oxygens (including phenoxy) is 5. The van der Waals surface area contributed by atoms with Gasteiger partial charge in [0.25, 0.3) is 0 Å². The number of nitrogens with one attached hydrogen (secondary N) is 1. The fourth-order valence-electron chi connectivity index (χ4n) is 4.82. The van der Waals surface area contributed by atoms with E-state index in [2.05, 4.69) is 32.2 Å². The van der Waals surface area contributed by atoms with Crippen LogP contribution in [0.4, 0.5) is 0 Å². The topological polar surface area (TPSA) is 81.9 Å². The summed E-state index contributed by atoms with van der Waals surface area (Å²) in [7, 11) is 3.35. The van der Waals surface area contributed by atoms with Crippen LogP contribution in [0.5, 0.6) is 0 Å². The van der Waals surface area contributed by atoms with E-state index in [1.54, 1.807) is 14.2 Å². The highest BCUT2D eigenvalue weighted by Gasteiger charge is 2.72. The zero-order valence-electron chi connectivity index (χ0n) is 19.6. The number of hydrogen-bond donors (Lipinski definition) is 1. The van der Waals surface area contributed by atoms with Gasteiger partial charge in [-0.25, -0.2) is 0 Å². The summed E-state index contributed by atoms with van der Waals surface area (Å²) in [5.74, 6) is -0.235. The van der Waals surface area contributed by atoms with E-state index < -0.39 is 0 Å². The molecule has 0 amide bonds. The van der Waals surface area contributed by atoms with Crippen LogP contribution in [0.25, 0.3) is 0 Å². The fourth-order valence-corrected chi connectivity index (χ4v) is 4.82. The lowest BCUT2D eigenvalue weighted by atomic mass is 9.68. The Morgan fingerprint density at radius 3 is 2.57 bits per heavy atom. The Bertz CT molecular complexity index is 654. The smallest absolute Gasteiger partial charge is 0.320 e. The molecule has 3 rings (SSSR count). The summed E-state index contributed by atoms with van der Waals surface area (Å²) in [6.45, 7) is 11.7. The molecule has 0 bridgehead atoms. The summed E-state index contributed by atoms with van der Waals surface area (Å²) in [5, 5.41) is 3.12. The van der Waals surface area contributed by atoms with Crippen molar-refractivity contribution in [2.75, 3.05) is 33.9 Å². The Labute approximate surface area is 180 Å². The van der Waals surface area contributed by atoms with Crippen LogP contribution in [0, 0.1) is 5.92 Å². The molecule has 2 saturated heterocycles. The van der Waals surface area contributed by atoms with Crippen LogP contribution in [0.2, 0.25) is 0 Å². The van der Waals surface area contributed by atoms with Crippen molar-refractivity contribution in [1.29, 1.82) is 0 Å². The molecular weight excluding hydrogens is 386 g/mol. The molecule has 1 N–H and O–H groups in total. The molecule has 172 valence electrons. The van der Waals surface area contributed by atoms with Crippen LogP contribution < -0.4 is 5.32 Å². The van der Waals surface area contributed by atoms with Crippen LogP contribution in [-0.2, 0) is 28.5 Å². The molecule has 3 aliphatic rings. The summed E-state index contributed by atoms with van der Waals surface area (Å²) in [6, 6.07) is 0. The van der Waals surface area contributed by atoms with Crippen molar-refractivity contribution < 1.29 is 28.5 Å². The van der Waals surface area contributed by atoms with E-state index in [0.717, 1.165) is 25.9 Å². The highest BCUT2D eigenvalue weighted by molar-refractivity contribution is 5.72. The number of hydrogen-bond acceptors (Lipinski definition) is 7. The molecule has 7 nitrogen and oxygen atoms in total. The SMILES string of the molecule is CO[C@@H]1[C@H](OC(=O)CNCC(C)(C)OC)CC[C@]2(CO2)[C@H]1[C@@]1(C)OC1CC=C(C)C. The number of epoxide rings is 2. The zero-order chi connectivity index (χ0) is 22.2. The molecule has 1 spiro atoms. The van der Waals surface area contributed by atoms with Gasteiger partial charge in [-0.05, 0) is 53.9 Å². The van der Waals surface area contributed by atoms with Crippen molar-refractivity contribution in [1.82, 2.24) is 5.32 Å². The van der Waals surface area contributed by atoms with Crippen molar-refractivity contribution in [2.24, 2.45) is 5.92 Å². The molecule has 6 atom stereocenters. The number of rotatable bonds is 10. The lowest BCUT2D eigenvalue weighted by Crippen LogP contribution is -2.56. The molecular formula is C23H39NO6. The zero-order valence-corrected chi connectivity index (χ0v) is 19.6. The monoisotopic (exact) mass is 425 g/mol. The van der Waals surface area contributed by atoms with Gasteiger partial charge in [0.05, 0.1) is 30.8 Å². The highest BCUT2D eigenvalue weighted by atomic mass is 16.6. The molecule has 3 fully saturated rings. The van der Waals surface area contributed by atoms with Crippen molar-refractivity contribution in [3.05, 3.63) is 11.6 Å². The maximum absolute atomic E-state index is 12.5. The Kier molecular flexibility index (Phi) is 6.99. The van der Waals surface area contributed by atoms with Gasteiger partial charge in [-0.1, -0.05) is 11.6 Å². The molecule has 0 aromatic rings. The van der Waals surface area contributed by atoms with Gasteiger partial charge in [0.15, 0.2) is 0 Å². The Hall–Kier alpha value is -0.990. The predicted octanol–water partition coefficient (Wildman–Crippen LogP) is 2.62. The van der Waals surface area contributed by atoms with E-state index in [4.69, 9.17) is 23.7 Å². The second-order valence-corrected chi connectivity index (χ2v) is 9.97. The number of methoxy groups -OCH3 is 2. The first-order chi connectivity index (χ1) is 14.1. The van der Waals surface area contributed by atoms with Crippen LogP contribution in [0.3, 0.4) is 0 Å². The van der Waals surface area contributed by atoms with Crippen LogP contribution in [-0.4, -0.2) is 75.0 Å². The molecule has 2 aliphatic heterocycles. The average Bonchev–Trinajstić information content (AvgIpc) is 3.59. The number of carbonyl (C=O) groups is 1. The maximum Gasteiger partial charge on any atom is 0.320 e. The molecule has 0 radical (unpaired) electrons. The standard InChI is InChI=1S/C23H39NO6/c1-15(2)8-9-17-22(5,30-17)20-19(26-6)16(10-11-23(20)14-28-23)29-18(25)12-24-13-21(3,4)27-7/h8,16-17,19-20,24H,9-14H2,1-7H3/t16-,17?,19-,20-,22+,23+/m1/s1. The third-order valence-corrected chi connectivity index (χ3v) is 6.89. The first-order valence-corrected chi connectivity index (χ1v) is 11.0. The minimum absolute atomic E-state index is 0.0393. The van der Waals surface area contributed by atoms with Crippen molar-refractivity contribution in [2.45, 2.75) is 89.0 Å². The normalized spacial score (nSPS) is 37.7. The Morgan fingerprint density at radius 2 is 2.00 bits per heavy atom. The first-order valence-electron chi connectivity index (χ1n) is 11.0. The van der Waals surface area contributed by atoms with Crippen molar-refractivity contribution in [3.8, 4) is 0 Å². The van der Waals surface area contributed by atoms with Crippen LogP contribution in [0.1, 0.15) is 53.9 Å². The summed E-state index contributed by atoms with van der Waals surface area (Å²) in [4.78, 5) is 12.5. The number of esters is 1. The van der Waals surface area contributed by atoms with E-state index in [0.29, 0.717) is 6.54 Å². The molecule has 1 saturated carbocycles. The van der Waals surface area contributed by atoms with Crippen LogP contribution >= 0.6 is 0 Å². The fraction of sp³-hybridized carbons (Fsp3) is 0.870. The molecule has 30 heavy (non-hydrogen) atoms. The third kappa shape index (κ3) is 5.07. The van der Waals surface area contributed by atoms with Gasteiger partial charge in [0, 0.05) is 20.8 Å². The minimum Gasteiger partial charge on any atom is -0.459 e. The van der Waals surface area contributed by atoms with Crippen molar-refractivity contribution in [3.63, 3.8) is 0 Å². The average molecular weight is 426 g/mol. The maximum atomic E-state index is 12.5. The second-order valence-electron chi connectivity index (χ2n) is 9.97. The largest absolute Gasteiger partial charge is 0.459 e. The lowest BCUT2D eigenvalue weighted by Gasteiger charge is -2.42. The summed E-state index contributed by atoms with van der Waals surface area (Å²) in [5.41, 5.74) is 0.417. The number of allylic oxidation sites excluding steroid dienone is 1. The van der Waals surface area contributed by atoms with Gasteiger partial charge in [0.1, 0.15) is 23.4 Å². The van der Waals surface area contributed by atoms with Gasteiger partial charge in [-0.15, -0.1) is 0 Å². The van der Waals surface area contributed by atoms with E-state index in [-0.39, 0.29) is 53.5 Å². The van der Waals surface area contributed by atoms with Crippen LogP contribution in [0.15, 0.2) is 11.6 Å². The quantitative estimate of drug-likeness (QED) is 0.327. The van der Waals surface area contributed by atoms with Gasteiger partial charge in [-0.3, -0.25) is 4.79 Å². The van der Waals surface area contributed by atoms with E-state index in [9.17, 15) is 4.79 Å². The van der Waals surface area contributed by atoms with Gasteiger partial charge < -0.3 is 29.0 Å². The Balaban J connectivity index is 1.62. The molecule has 1 unspecified atom stereocenters. The molecule has 0 aromatic carbocycles. The van der Waals surface area contributed by atoms with E-state index in [1.807, 2.05) is 13.8 Å². The van der Waals surface area contributed by atoms with Gasteiger partial charge >= 0.3 is 5.97 Å². The molecule has 0 aromatic heterocycles. The number of carbonyl (C=O) groups excluding carboxylic acids is 1. The van der Waals surface area contributed by atoms with Gasteiger partial charge in [-0.2, -0.15) is 0 Å². The molecule has 1 aliphatic carbocycles. The summed E-state index contributed by atoms with van der Waals surface area (Å²) >= 11 is 0. The van der Waals surface area contributed by atoms with E-state index >= 15 is 0 Å². The first kappa shape index (κ1) is 23.7. The third-order valence-electron chi connectivity index (χ3n) is 6.89. The minimum atomic E-state index is -0.334. The molecule has 2 heterocycles. The van der Waals surface area contributed by atoms with Gasteiger partial charge in [0.2, 0.25) is 0 Å². The molecule has 7 heteroatoms. The van der Waals surface area contributed by atoms with E-state index in [1.165, 1.54) is 5.57 Å². The highest BCUT2D eigenvalue weighted by Crippen LogP contribution is 2.59. The lowest BCUT2D eigenvalue weighted by molar-refractivity contribution is -0.171. The van der Waals surface area contributed by atoms with Crippen molar-refractivity contribution >= 4 is 5.97 Å². The Morgan fingerprint density at radius 1 is 1.30 bits per heavy atom. The summed E-state index contributed by atoms with van der Waals surface area (Å²) in [6.07, 6.45) is 4.28. The summed E-state index contributed by atoms with van der Waals surface area (Å²) < 4.78 is 29.3.